The second-order valence-electron chi connectivity index (χ2n) is 7.57. The first-order chi connectivity index (χ1) is 14.5. The van der Waals surface area contributed by atoms with Crippen molar-refractivity contribution in [2.75, 3.05) is 20.3 Å². The topological polar surface area (TPSA) is 89.0 Å². The van der Waals surface area contributed by atoms with Crippen LogP contribution in [-0.2, 0) is 20.7 Å². The molecule has 156 valence electrons. The maximum atomic E-state index is 13.0. The lowest BCUT2D eigenvalue weighted by Gasteiger charge is -2.25. The molecule has 4 rings (SSSR count). The maximum absolute atomic E-state index is 13.0. The summed E-state index contributed by atoms with van der Waals surface area (Å²) in [5, 5.41) is 11.1. The van der Waals surface area contributed by atoms with Gasteiger partial charge < -0.3 is 19.5 Å². The van der Waals surface area contributed by atoms with Gasteiger partial charge >= 0.3 is 0 Å². The first-order valence-electron chi connectivity index (χ1n) is 9.98. The number of amides is 1. The number of aromatic nitrogens is 1. The molecule has 3 heterocycles. The van der Waals surface area contributed by atoms with Gasteiger partial charge in [0.25, 0.3) is 11.7 Å². The highest BCUT2D eigenvalue weighted by atomic mass is 16.5. The molecule has 1 aromatic heterocycles. The molecule has 2 aliphatic heterocycles. The number of carbonyl (C=O) groups excluding carboxylic acids is 2. The van der Waals surface area contributed by atoms with Crippen molar-refractivity contribution in [1.29, 1.82) is 0 Å². The molecule has 1 saturated heterocycles. The van der Waals surface area contributed by atoms with Crippen LogP contribution in [0.2, 0.25) is 0 Å². The third-order valence-corrected chi connectivity index (χ3v) is 5.48. The Kier molecular flexibility index (Phi) is 5.55. The second kappa shape index (κ2) is 8.28. The third kappa shape index (κ3) is 3.57. The average Bonchev–Trinajstić information content (AvgIpc) is 3.25. The number of pyridine rings is 1. The number of hydrogen-bond acceptors (Lipinski definition) is 6. The summed E-state index contributed by atoms with van der Waals surface area (Å²) in [4.78, 5) is 31.3. The van der Waals surface area contributed by atoms with Gasteiger partial charge in [-0.1, -0.05) is 0 Å². The fourth-order valence-electron chi connectivity index (χ4n) is 4.11. The molecule has 2 aliphatic rings. The van der Waals surface area contributed by atoms with Gasteiger partial charge in [-0.3, -0.25) is 14.6 Å². The van der Waals surface area contributed by atoms with E-state index in [0.29, 0.717) is 25.1 Å². The lowest BCUT2D eigenvalue weighted by atomic mass is 9.95. The number of aliphatic hydroxyl groups is 1. The number of ketones is 1. The summed E-state index contributed by atoms with van der Waals surface area (Å²) >= 11 is 0. The van der Waals surface area contributed by atoms with Crippen molar-refractivity contribution in [1.82, 2.24) is 9.88 Å². The van der Waals surface area contributed by atoms with E-state index in [0.717, 1.165) is 23.3 Å². The highest BCUT2D eigenvalue weighted by Gasteiger charge is 2.45. The van der Waals surface area contributed by atoms with Crippen molar-refractivity contribution in [2.45, 2.75) is 31.9 Å². The minimum atomic E-state index is -0.683. The number of methoxy groups -OCH3 is 1. The molecule has 0 aliphatic carbocycles. The largest absolute Gasteiger partial charge is 0.507 e. The Morgan fingerprint density at radius 3 is 2.77 bits per heavy atom. The molecular weight excluding hydrogens is 384 g/mol. The number of fused-ring (bicyclic) bond motifs is 1. The minimum Gasteiger partial charge on any atom is -0.507 e. The molecule has 0 radical (unpaired) electrons. The Morgan fingerprint density at radius 1 is 1.27 bits per heavy atom. The number of nitrogens with zero attached hydrogens (tertiary/aromatic N) is 2. The molecule has 2 unspecified atom stereocenters. The number of aliphatic hydroxyl groups excluding tert-OH is 1. The van der Waals surface area contributed by atoms with E-state index in [1.807, 2.05) is 13.0 Å². The molecule has 1 amide bonds. The van der Waals surface area contributed by atoms with E-state index in [4.69, 9.17) is 9.47 Å². The number of ether oxygens (including phenoxy) is 2. The zero-order valence-electron chi connectivity index (χ0n) is 17.0. The van der Waals surface area contributed by atoms with Crippen LogP contribution in [0.3, 0.4) is 0 Å². The van der Waals surface area contributed by atoms with E-state index in [2.05, 4.69) is 4.98 Å². The summed E-state index contributed by atoms with van der Waals surface area (Å²) in [5.41, 5.74) is 2.29. The summed E-state index contributed by atoms with van der Waals surface area (Å²) in [6.07, 6.45) is 4.60. The Labute approximate surface area is 174 Å². The van der Waals surface area contributed by atoms with Gasteiger partial charge in [-0.15, -0.1) is 0 Å². The third-order valence-electron chi connectivity index (χ3n) is 5.48. The molecule has 0 spiro atoms. The fraction of sp³-hybridized carbons (Fsp3) is 0.348. The maximum Gasteiger partial charge on any atom is 0.295 e. The van der Waals surface area contributed by atoms with Crippen LogP contribution in [0.25, 0.3) is 5.76 Å². The average molecular weight is 408 g/mol. The number of Topliss-reactive ketones (excluding diaryl/α,β-unsaturated/α-hetero) is 1. The van der Waals surface area contributed by atoms with Crippen LogP contribution in [0, 0.1) is 0 Å². The van der Waals surface area contributed by atoms with Crippen LogP contribution in [-0.4, -0.2) is 53.0 Å². The van der Waals surface area contributed by atoms with Crippen molar-refractivity contribution in [3.63, 3.8) is 0 Å². The molecular formula is C23H24N2O5. The number of hydrogen-bond donors (Lipinski definition) is 1. The van der Waals surface area contributed by atoms with Gasteiger partial charge in [-0.25, -0.2) is 0 Å². The summed E-state index contributed by atoms with van der Waals surface area (Å²) in [7, 11) is 1.59. The van der Waals surface area contributed by atoms with E-state index >= 15 is 0 Å². The minimum absolute atomic E-state index is 0.0700. The Bertz CT molecular complexity index is 1000. The van der Waals surface area contributed by atoms with Crippen LogP contribution in [0.4, 0.5) is 0 Å². The molecule has 30 heavy (non-hydrogen) atoms. The summed E-state index contributed by atoms with van der Waals surface area (Å²) < 4.78 is 10.8. The van der Waals surface area contributed by atoms with Crippen LogP contribution in [0.1, 0.15) is 36.1 Å². The summed E-state index contributed by atoms with van der Waals surface area (Å²) in [5.74, 6) is -0.694. The summed E-state index contributed by atoms with van der Waals surface area (Å²) in [6, 6.07) is 8.18. The fourth-order valence-corrected chi connectivity index (χ4v) is 4.11. The van der Waals surface area contributed by atoms with Gasteiger partial charge in [0.1, 0.15) is 17.6 Å². The number of benzene rings is 1. The van der Waals surface area contributed by atoms with Crippen molar-refractivity contribution in [3.05, 3.63) is 65.0 Å². The van der Waals surface area contributed by atoms with Gasteiger partial charge in [0.15, 0.2) is 0 Å². The zero-order chi connectivity index (χ0) is 21.3. The van der Waals surface area contributed by atoms with E-state index in [1.54, 1.807) is 43.8 Å². The predicted octanol–water partition coefficient (Wildman–Crippen LogP) is 2.86. The Morgan fingerprint density at radius 2 is 2.03 bits per heavy atom. The zero-order valence-corrected chi connectivity index (χ0v) is 17.0. The van der Waals surface area contributed by atoms with Crippen LogP contribution in [0.5, 0.6) is 5.75 Å². The summed E-state index contributed by atoms with van der Waals surface area (Å²) in [6.45, 7) is 2.79. The number of likely N-dealkylation sites (tertiary alicyclic amines) is 1. The number of carbonyl (C=O) groups is 2. The van der Waals surface area contributed by atoms with Crippen LogP contribution in [0.15, 0.2) is 48.3 Å². The molecule has 2 atom stereocenters. The lowest BCUT2D eigenvalue weighted by molar-refractivity contribution is -0.140. The molecule has 0 bridgehead atoms. The first kappa shape index (κ1) is 20.1. The number of rotatable bonds is 6. The highest BCUT2D eigenvalue weighted by Crippen LogP contribution is 2.40. The highest BCUT2D eigenvalue weighted by molar-refractivity contribution is 6.46. The quantitative estimate of drug-likeness (QED) is 0.342. The monoisotopic (exact) mass is 408 g/mol. The van der Waals surface area contributed by atoms with Crippen molar-refractivity contribution < 1.29 is 24.2 Å². The normalized spacial score (nSPS) is 22.3. The lowest BCUT2D eigenvalue weighted by Crippen LogP contribution is -2.31. The van der Waals surface area contributed by atoms with Crippen molar-refractivity contribution >= 4 is 17.4 Å². The smallest absolute Gasteiger partial charge is 0.295 e. The second-order valence-corrected chi connectivity index (χ2v) is 7.57. The van der Waals surface area contributed by atoms with Gasteiger partial charge in [0, 0.05) is 44.6 Å². The first-order valence-corrected chi connectivity index (χ1v) is 9.98. The van der Waals surface area contributed by atoms with Gasteiger partial charge in [-0.2, -0.15) is 0 Å². The molecule has 7 heteroatoms. The standard InChI is InChI=1S/C23H24N2O5/c1-14-12-17-13-16(4-5-18(17)30-14)21(26)19-20(15-6-8-24-9-7-15)25(10-3-11-29-2)23(28)22(19)27/h4-9,13-14,20,26H,3,10-12H2,1-2H3/b21-19-. The van der Waals surface area contributed by atoms with Crippen molar-refractivity contribution in [3.8, 4) is 5.75 Å². The molecule has 1 N–H and O–H groups in total. The van der Waals surface area contributed by atoms with E-state index < -0.39 is 17.7 Å². The molecule has 0 saturated carbocycles. The molecule has 1 aromatic carbocycles. The van der Waals surface area contributed by atoms with Crippen LogP contribution < -0.4 is 4.74 Å². The van der Waals surface area contributed by atoms with E-state index in [1.165, 1.54) is 4.90 Å². The van der Waals surface area contributed by atoms with E-state index in [-0.39, 0.29) is 17.4 Å². The van der Waals surface area contributed by atoms with E-state index in [9.17, 15) is 14.7 Å². The van der Waals surface area contributed by atoms with Gasteiger partial charge in [0.2, 0.25) is 0 Å². The van der Waals surface area contributed by atoms with Gasteiger partial charge in [-0.05, 0) is 54.8 Å². The SMILES string of the molecule is COCCCN1C(=O)C(=O)/C(=C(\O)c2ccc3c(c2)CC(C)O3)C1c1ccncc1. The Hall–Kier alpha value is -3.19. The molecule has 2 aromatic rings. The predicted molar refractivity (Wildman–Crippen MR) is 110 cm³/mol. The molecule has 1 fully saturated rings. The van der Waals surface area contributed by atoms with Gasteiger partial charge in [0.05, 0.1) is 11.6 Å². The molecule has 7 nitrogen and oxygen atoms in total. The Balaban J connectivity index is 1.78. The van der Waals surface area contributed by atoms with Crippen molar-refractivity contribution in [2.24, 2.45) is 0 Å². The van der Waals surface area contributed by atoms with Crippen LogP contribution >= 0.6 is 0 Å².